The van der Waals surface area contributed by atoms with Gasteiger partial charge in [-0.3, -0.25) is 14.7 Å². The second kappa shape index (κ2) is 5.72. The van der Waals surface area contributed by atoms with Crippen LogP contribution in [0, 0.1) is 5.41 Å². The maximum atomic E-state index is 12.7. The number of nitrogens with zero attached hydrogens (tertiary/aromatic N) is 5. The highest BCUT2D eigenvalue weighted by Crippen LogP contribution is 2.41. The van der Waals surface area contributed by atoms with E-state index in [1.807, 2.05) is 36.0 Å². The Labute approximate surface area is 139 Å². The molecular weight excluding hydrogens is 310 g/mol. The van der Waals surface area contributed by atoms with Gasteiger partial charge < -0.3 is 9.47 Å². The van der Waals surface area contributed by atoms with Crippen molar-refractivity contribution in [1.29, 1.82) is 0 Å². The van der Waals surface area contributed by atoms with Crippen LogP contribution in [0.15, 0.2) is 24.1 Å². The van der Waals surface area contributed by atoms with Crippen molar-refractivity contribution in [2.45, 2.75) is 25.9 Å². The van der Waals surface area contributed by atoms with Gasteiger partial charge in [-0.2, -0.15) is 0 Å². The zero-order chi connectivity index (χ0) is 15.9. The summed E-state index contributed by atoms with van der Waals surface area (Å²) in [5, 5.41) is 0. The number of carbonyl (C=O) groups excluding carboxylic acids is 1. The lowest BCUT2D eigenvalue weighted by Crippen LogP contribution is -2.66. The summed E-state index contributed by atoms with van der Waals surface area (Å²) < 4.78 is 2.06. The van der Waals surface area contributed by atoms with E-state index < -0.39 is 0 Å². The van der Waals surface area contributed by atoms with Crippen molar-refractivity contribution in [3.8, 4) is 0 Å². The van der Waals surface area contributed by atoms with E-state index in [1.165, 1.54) is 0 Å². The third kappa shape index (κ3) is 2.68. The molecule has 1 atom stereocenters. The minimum absolute atomic E-state index is 0.159. The number of aryl methyl sites for hydroxylation is 1. The maximum absolute atomic E-state index is 12.7. The molecule has 23 heavy (non-hydrogen) atoms. The Morgan fingerprint density at radius 1 is 1.35 bits per heavy atom. The van der Waals surface area contributed by atoms with Crippen molar-refractivity contribution >= 4 is 17.2 Å². The predicted octanol–water partition coefficient (Wildman–Crippen LogP) is 1.50. The second-order valence-corrected chi connectivity index (χ2v) is 7.65. The molecule has 0 aliphatic carbocycles. The number of hydrogen-bond donors (Lipinski definition) is 0. The smallest absolute Gasteiger partial charge is 0.232 e. The topological polar surface area (TPSA) is 54.3 Å². The van der Waals surface area contributed by atoms with Gasteiger partial charge in [0.05, 0.1) is 24.0 Å². The lowest BCUT2D eigenvalue weighted by molar-refractivity contribution is -0.167. The van der Waals surface area contributed by atoms with Gasteiger partial charge in [0.2, 0.25) is 5.91 Å². The molecule has 2 aliphatic heterocycles. The molecule has 122 valence electrons. The van der Waals surface area contributed by atoms with Crippen molar-refractivity contribution in [2.75, 3.05) is 19.6 Å². The number of β-lactam (4-membered cyclic amide) rings is 1. The van der Waals surface area contributed by atoms with E-state index in [0.29, 0.717) is 12.5 Å². The first kappa shape index (κ1) is 14.8. The molecule has 7 heteroatoms. The number of likely N-dealkylation sites (tertiary alicyclic amines) is 2. The predicted molar refractivity (Wildman–Crippen MR) is 87.7 cm³/mol. The Morgan fingerprint density at radius 2 is 2.26 bits per heavy atom. The standard InChI is InChI=1S/C16H21N5OS/c1-19-6-4-18-14(19)9-20-5-2-3-16(10-20)11-21(15(16)22)8-13-7-17-12-23-13/h4,6-7,12H,2-3,5,8-11H2,1H3/t16-/m1/s1. The fourth-order valence-corrected chi connectivity index (χ4v) is 4.41. The SMILES string of the molecule is Cn1ccnc1CN1CCC[C@@]2(C1)CN(Cc1cncs1)C2=O. The highest BCUT2D eigenvalue weighted by molar-refractivity contribution is 7.09. The summed E-state index contributed by atoms with van der Waals surface area (Å²) in [6.07, 6.45) is 7.77. The normalized spacial score (nSPS) is 25.1. The van der Waals surface area contributed by atoms with E-state index in [0.717, 1.165) is 49.7 Å². The summed E-state index contributed by atoms with van der Waals surface area (Å²) in [4.78, 5) is 26.7. The molecule has 2 fully saturated rings. The molecule has 0 aromatic carbocycles. The van der Waals surface area contributed by atoms with E-state index in [1.54, 1.807) is 11.3 Å². The van der Waals surface area contributed by atoms with Crippen LogP contribution in [-0.2, 0) is 24.9 Å². The van der Waals surface area contributed by atoms with Gasteiger partial charge in [0.25, 0.3) is 0 Å². The van der Waals surface area contributed by atoms with Gasteiger partial charge in [-0.1, -0.05) is 0 Å². The zero-order valence-electron chi connectivity index (χ0n) is 13.3. The van der Waals surface area contributed by atoms with Crippen LogP contribution in [0.25, 0.3) is 0 Å². The monoisotopic (exact) mass is 331 g/mol. The molecule has 2 saturated heterocycles. The van der Waals surface area contributed by atoms with E-state index in [9.17, 15) is 4.79 Å². The summed E-state index contributed by atoms with van der Waals surface area (Å²) in [5.74, 6) is 1.38. The van der Waals surface area contributed by atoms with Gasteiger partial charge in [0.1, 0.15) is 5.82 Å². The van der Waals surface area contributed by atoms with Crippen LogP contribution in [0.2, 0.25) is 0 Å². The summed E-state index contributed by atoms with van der Waals surface area (Å²) in [7, 11) is 2.02. The number of imidazole rings is 1. The number of piperidine rings is 1. The molecule has 0 radical (unpaired) electrons. The van der Waals surface area contributed by atoms with E-state index in [-0.39, 0.29) is 5.41 Å². The first-order valence-electron chi connectivity index (χ1n) is 8.02. The van der Waals surface area contributed by atoms with Gasteiger partial charge >= 0.3 is 0 Å². The summed E-state index contributed by atoms with van der Waals surface area (Å²) in [5.41, 5.74) is 1.67. The van der Waals surface area contributed by atoms with Gasteiger partial charge in [0, 0.05) is 43.6 Å². The summed E-state index contributed by atoms with van der Waals surface area (Å²) in [6.45, 7) is 4.33. The van der Waals surface area contributed by atoms with Gasteiger partial charge in [0.15, 0.2) is 0 Å². The summed E-state index contributed by atoms with van der Waals surface area (Å²) >= 11 is 1.62. The van der Waals surface area contributed by atoms with E-state index >= 15 is 0 Å². The average molecular weight is 331 g/mol. The molecule has 0 N–H and O–H groups in total. The van der Waals surface area contributed by atoms with Crippen molar-refractivity contribution in [1.82, 2.24) is 24.3 Å². The molecule has 2 aromatic rings. The minimum atomic E-state index is -0.159. The van der Waals surface area contributed by atoms with Crippen LogP contribution in [0.4, 0.5) is 0 Å². The van der Waals surface area contributed by atoms with Crippen LogP contribution in [-0.4, -0.2) is 49.9 Å². The second-order valence-electron chi connectivity index (χ2n) is 6.68. The van der Waals surface area contributed by atoms with E-state index in [4.69, 9.17) is 0 Å². The molecule has 6 nitrogen and oxygen atoms in total. The Bertz CT molecular complexity index is 697. The third-order valence-electron chi connectivity index (χ3n) is 5.01. The zero-order valence-corrected chi connectivity index (χ0v) is 14.1. The number of hydrogen-bond acceptors (Lipinski definition) is 5. The summed E-state index contributed by atoms with van der Waals surface area (Å²) in [6, 6.07) is 0. The lowest BCUT2D eigenvalue weighted by Gasteiger charge is -2.53. The van der Waals surface area contributed by atoms with Crippen LogP contribution in [0.5, 0.6) is 0 Å². The van der Waals surface area contributed by atoms with Crippen LogP contribution >= 0.6 is 11.3 Å². The maximum Gasteiger partial charge on any atom is 0.232 e. The first-order chi connectivity index (χ1) is 11.2. The fraction of sp³-hybridized carbons (Fsp3) is 0.562. The molecule has 1 amide bonds. The largest absolute Gasteiger partial charge is 0.337 e. The molecule has 2 aliphatic rings. The molecule has 4 rings (SSSR count). The number of amides is 1. The Morgan fingerprint density at radius 3 is 2.96 bits per heavy atom. The van der Waals surface area contributed by atoms with Crippen molar-refractivity contribution in [3.63, 3.8) is 0 Å². The number of thiazole rings is 1. The highest BCUT2D eigenvalue weighted by atomic mass is 32.1. The lowest BCUT2D eigenvalue weighted by atomic mass is 9.72. The minimum Gasteiger partial charge on any atom is -0.337 e. The molecule has 4 heterocycles. The Balaban J connectivity index is 1.39. The van der Waals surface area contributed by atoms with Gasteiger partial charge in [-0.25, -0.2) is 4.98 Å². The number of aromatic nitrogens is 3. The third-order valence-corrected chi connectivity index (χ3v) is 5.77. The molecule has 0 bridgehead atoms. The first-order valence-corrected chi connectivity index (χ1v) is 8.90. The molecule has 2 aromatic heterocycles. The molecular formula is C16H21N5OS. The number of rotatable bonds is 4. The van der Waals surface area contributed by atoms with Crippen molar-refractivity contribution in [2.24, 2.45) is 12.5 Å². The average Bonchev–Trinajstić information content (AvgIpc) is 3.20. The van der Waals surface area contributed by atoms with Crippen LogP contribution in [0.1, 0.15) is 23.5 Å². The highest BCUT2D eigenvalue weighted by Gasteiger charge is 2.53. The quantitative estimate of drug-likeness (QED) is 0.797. The number of carbonyl (C=O) groups is 1. The molecule has 0 saturated carbocycles. The Hall–Kier alpha value is -1.73. The van der Waals surface area contributed by atoms with Crippen LogP contribution in [0.3, 0.4) is 0 Å². The molecule has 0 unspecified atom stereocenters. The van der Waals surface area contributed by atoms with E-state index in [2.05, 4.69) is 19.4 Å². The fourth-order valence-electron chi connectivity index (χ4n) is 3.80. The van der Waals surface area contributed by atoms with Gasteiger partial charge in [-0.15, -0.1) is 11.3 Å². The van der Waals surface area contributed by atoms with Crippen LogP contribution < -0.4 is 0 Å². The Kier molecular flexibility index (Phi) is 3.69. The molecule has 1 spiro atoms. The van der Waals surface area contributed by atoms with Crippen molar-refractivity contribution < 1.29 is 4.79 Å². The van der Waals surface area contributed by atoms with Crippen molar-refractivity contribution in [3.05, 3.63) is 34.8 Å². The van der Waals surface area contributed by atoms with Gasteiger partial charge in [-0.05, 0) is 19.4 Å².